The molecular weight excluding hydrogens is 2790 g/mol. The number of aromatic nitrogens is 6. The van der Waals surface area contributed by atoms with E-state index < -0.39 is 62.5 Å². The fourth-order valence-corrected chi connectivity index (χ4v) is 47.8. The zero-order chi connectivity index (χ0) is 103. The molecule has 0 radical (unpaired) electrons. The maximum absolute atomic E-state index is 7.88. The first-order valence-electron chi connectivity index (χ1n) is 43.4. The van der Waals surface area contributed by atoms with Crippen LogP contribution < -0.4 is 32.9 Å². The van der Waals surface area contributed by atoms with Gasteiger partial charge in [0.1, 0.15) is 0 Å². The Hall–Kier alpha value is -6.84. The molecule has 0 atom stereocenters. The zero-order valence-electron chi connectivity index (χ0n) is 72.5. The van der Waals surface area contributed by atoms with Crippen LogP contribution >= 0.6 is 304 Å². The molecule has 0 spiro atoms. The molecule has 54 heteroatoms. The van der Waals surface area contributed by atoms with Gasteiger partial charge in [0.25, 0.3) is 0 Å². The molecule has 12 aliphatic heterocycles. The average molecular weight is 2820 g/mol. The Bertz CT molecular complexity index is 10100. The summed E-state index contributed by atoms with van der Waals surface area (Å²) in [5.41, 5.74) is 8.88. The standard InChI is InChI=1S/3C32H8Cl8N8.3ClH.3In/c33-17-1-9-10(2-18(17)34)26-41-25(9)45-27-11-3-19(35)20(36)4-12(11)29(42-27)47-31-15-7-23(39)24(40)8-16(15)32(44-31)48-30-14-6-22(38)21(37)5-13(14)28(43-30)46-26;33-13-1-2-14(34)22-21(13)29-43-25-9-5-17(37)18(38)6-10(9)27(41-25)45-31-23-15(35)3-4-16(36)24(23)32(48-31)46-28-12-8-20(40)19(39)7-11(12)26(42-28)44-30(22)47-29;33-9-1-2-10(34)18-17(9)25-41-26(18)46-28-21-13(37)5-6-14(38)22(21)30(43-28)48-32-24-16(40)8-7-15(39)23(24)31(44-32)47-29-20-12(36)4-3-11(35)19(20)27(42-29)45-25;;;;;;/h3*1-8H;3*1H;;;/q3*-2;;;;3*+3/p-3. The van der Waals surface area contributed by atoms with Crippen molar-refractivity contribution in [3.8, 4) is 0 Å². The number of aliphatic imine (C=N–C) groups is 12. The summed E-state index contributed by atoms with van der Waals surface area (Å²) in [5, 5.41) is 15.1. The quantitative estimate of drug-likeness (QED) is 0.137. The van der Waals surface area contributed by atoms with Gasteiger partial charge in [-0.2, -0.15) is 0 Å². The second-order valence-electron chi connectivity index (χ2n) is 34.5. The molecule has 18 heterocycles. The average Bonchev–Trinajstić information content (AvgIpc) is 1.54. The van der Waals surface area contributed by atoms with Crippen LogP contribution in [0.3, 0.4) is 0 Å². The van der Waals surface area contributed by atoms with Crippen LogP contribution in [0.1, 0.15) is 66.8 Å². The number of rotatable bonds is 0. The van der Waals surface area contributed by atoms with E-state index in [1.54, 1.807) is 146 Å². The van der Waals surface area contributed by atoms with Gasteiger partial charge in [-0.05, 0) is 0 Å². The summed E-state index contributed by atoms with van der Waals surface area (Å²) in [4.78, 5) is 91.1. The molecule has 18 aromatic rings. The van der Waals surface area contributed by atoms with Crippen molar-refractivity contribution in [2.24, 2.45) is 89.9 Å². The van der Waals surface area contributed by atoms with E-state index in [4.69, 9.17) is 394 Å². The van der Waals surface area contributed by atoms with Gasteiger partial charge in [0, 0.05) is 0 Å². The van der Waals surface area contributed by atoms with Gasteiger partial charge in [0.2, 0.25) is 0 Å². The predicted molar refractivity (Wildman–Crippen MR) is 621 cm³/mol. The Morgan fingerprint density at radius 1 is 0.140 bits per heavy atom. The second kappa shape index (κ2) is 36.6. The number of benzene rings is 12. The normalized spacial score (nSPS) is 15.3. The predicted octanol–water partition coefficient (Wildman–Crippen LogP) is 31.2. The minimum absolute atomic E-state index is 0.240. The molecular formula is C96H24Cl27In3N24. The molecule has 18 bridgehead atoms. The summed E-state index contributed by atoms with van der Waals surface area (Å²) in [5.74, 6) is 5.86. The molecule has 150 heavy (non-hydrogen) atoms. The van der Waals surface area contributed by atoms with E-state index >= 15 is 0 Å². The molecule has 0 saturated heterocycles. The zero-order valence-corrected chi connectivity index (χ0v) is 103. The summed E-state index contributed by atoms with van der Waals surface area (Å²) in [6, 6.07) is 40.9. The van der Waals surface area contributed by atoms with Crippen LogP contribution in [0.5, 0.6) is 0 Å². The molecule has 6 aromatic heterocycles. The van der Waals surface area contributed by atoms with Crippen LogP contribution in [-0.2, 0) is 0 Å². The van der Waals surface area contributed by atoms with Crippen molar-refractivity contribution in [2.45, 2.75) is 0 Å². The topological polar surface area (TPSA) is 252 Å². The Balaban J connectivity index is 0.000000108. The first-order chi connectivity index (χ1) is 72.0. The maximum atomic E-state index is 7.88. The van der Waals surface area contributed by atoms with Crippen LogP contribution in [0.15, 0.2) is 235 Å². The summed E-state index contributed by atoms with van der Waals surface area (Å²) in [6.07, 6.45) is 0. The monoisotopic (exact) mass is 2800 g/mol. The molecule has 0 amide bonds. The fourth-order valence-electron chi connectivity index (χ4n) is 19.9. The fraction of sp³-hybridized carbons (Fsp3) is 0. The van der Waals surface area contributed by atoms with E-state index in [-0.39, 0.29) is 46.7 Å². The van der Waals surface area contributed by atoms with Crippen LogP contribution in [0.25, 0.3) is 64.6 Å². The number of hydrogen-bond donors (Lipinski definition) is 0. The van der Waals surface area contributed by atoms with E-state index in [2.05, 4.69) is 0 Å². The van der Waals surface area contributed by atoms with E-state index in [9.17, 15) is 0 Å². The minimum atomic E-state index is -4.24. The molecule has 0 N–H and O–H groups in total. The van der Waals surface area contributed by atoms with Crippen molar-refractivity contribution in [1.29, 1.82) is 0 Å². The van der Waals surface area contributed by atoms with Crippen LogP contribution in [0.4, 0.5) is 34.9 Å². The van der Waals surface area contributed by atoms with Crippen LogP contribution in [0.2, 0.25) is 121 Å². The molecule has 0 saturated carbocycles. The number of hydrogen-bond acceptors (Lipinski definition) is 18. The number of nitrogens with zero attached hydrogens (tertiary/aromatic N) is 24. The van der Waals surface area contributed by atoms with E-state index in [1.165, 1.54) is 0 Å². The number of halogens is 27. The summed E-state index contributed by atoms with van der Waals surface area (Å²) >= 11 is 150. The van der Waals surface area contributed by atoms with Crippen LogP contribution in [-0.4, -0.2) is 148 Å². The first-order valence-corrected chi connectivity index (χ1v) is 73.8. The second-order valence-corrected chi connectivity index (χ2v) is 66.3. The van der Waals surface area contributed by atoms with Gasteiger partial charge < -0.3 is 0 Å². The van der Waals surface area contributed by atoms with Crippen molar-refractivity contribution < 1.29 is 0 Å². The summed E-state index contributed by atoms with van der Waals surface area (Å²) in [7, 11) is 23.6. The van der Waals surface area contributed by atoms with Gasteiger partial charge in [0.15, 0.2) is 0 Å². The Morgan fingerprint density at radius 3 is 0.547 bits per heavy atom. The third-order valence-electron chi connectivity index (χ3n) is 26.4. The summed E-state index contributed by atoms with van der Waals surface area (Å²) in [6.45, 7) is 0. The van der Waals surface area contributed by atoms with Gasteiger partial charge in [-0.1, -0.05) is 0 Å². The third-order valence-corrected chi connectivity index (χ3v) is 58.0. The Morgan fingerprint density at radius 2 is 0.300 bits per heavy atom. The van der Waals surface area contributed by atoms with Gasteiger partial charge in [-0.25, -0.2) is 0 Å². The van der Waals surface area contributed by atoms with Crippen molar-refractivity contribution >= 4 is 536 Å². The van der Waals surface area contributed by atoms with E-state index in [1.807, 2.05) is 15.3 Å². The Labute approximate surface area is 993 Å². The van der Waals surface area contributed by atoms with Crippen molar-refractivity contribution in [3.05, 3.63) is 366 Å². The van der Waals surface area contributed by atoms with Crippen molar-refractivity contribution in [3.63, 3.8) is 0 Å². The molecule has 0 unspecified atom stereocenters. The number of amidine groups is 12. The first kappa shape index (κ1) is 99.9. The van der Waals surface area contributed by atoms with Crippen LogP contribution in [0, 0.1) is 0 Å². The molecule has 12 aliphatic rings. The van der Waals surface area contributed by atoms with Gasteiger partial charge >= 0.3 is 1010 Å². The van der Waals surface area contributed by atoms with Gasteiger partial charge in [-0.3, -0.25) is 0 Å². The molecule has 0 fully saturated rings. The molecule has 24 nitrogen and oxygen atoms in total. The van der Waals surface area contributed by atoms with E-state index in [0.717, 1.165) is 0 Å². The molecule has 726 valence electrons. The Kier molecular flexibility index (Phi) is 24.4. The van der Waals surface area contributed by atoms with Gasteiger partial charge in [0.05, 0.1) is 0 Å². The third kappa shape index (κ3) is 14.9. The molecule has 12 aromatic carbocycles. The number of fused-ring (bicyclic) bond motifs is 42. The van der Waals surface area contributed by atoms with Gasteiger partial charge in [-0.15, -0.1) is 0 Å². The van der Waals surface area contributed by atoms with Crippen molar-refractivity contribution in [2.75, 3.05) is 0 Å². The molecule has 30 rings (SSSR count). The van der Waals surface area contributed by atoms with E-state index in [0.29, 0.717) is 343 Å². The molecule has 0 aliphatic carbocycles. The summed E-state index contributed by atoms with van der Waals surface area (Å²) < 4.78 is 11.4. The van der Waals surface area contributed by atoms with Crippen molar-refractivity contribution in [1.82, 2.24) is 15.3 Å². The SMILES string of the molecule is Clc1cc2c(cc1Cl)C1=Nc3c4cc(Cl)c(Cl)cc4c4[n]3[In]([Cl])[n]3c(c5cc(Cl)c(Cl)cc5c3=NC3=NC(=N4)c4cc(Cl)c(Cl)cc43)=NC2=N1.Clc1cc2c3[n]4c(c2cc1Cl)N=C1N=C(N=c2c5cc(Cl)c(Cl)cc5c([n]2[In]4[Cl])=NC2=NC(=N3)c3c(Cl)ccc(Cl)c32)c2c(Cl)ccc(Cl)c21.Clc1ccc(Cl)c2c1C1=NC2=Nc2c3c(Cl)ccc(Cl)c3c3[n]2[In]([Cl])[n]2c(c4c(Cl)ccc(Cl)c4c2=NC2=NC(=N3)c3c(Cl)ccc(Cl)c32)=N1.